The minimum atomic E-state index is 0.0497. The van der Waals surface area contributed by atoms with Crippen LogP contribution in [0.4, 0.5) is 5.13 Å². The van der Waals surface area contributed by atoms with E-state index in [1.165, 1.54) is 0 Å². The van der Waals surface area contributed by atoms with Crippen LogP contribution in [0.2, 0.25) is 0 Å². The van der Waals surface area contributed by atoms with Crippen LogP contribution < -0.4 is 5.32 Å². The summed E-state index contributed by atoms with van der Waals surface area (Å²) in [5, 5.41) is 16.3. The predicted octanol–water partition coefficient (Wildman–Crippen LogP) is 1.79. The zero-order chi connectivity index (χ0) is 14.2. The Balaban J connectivity index is 1.66. The first-order valence-corrected chi connectivity index (χ1v) is 7.29. The van der Waals surface area contributed by atoms with Gasteiger partial charge in [0, 0.05) is 18.2 Å². The van der Waals surface area contributed by atoms with Gasteiger partial charge in [-0.15, -0.1) is 10.2 Å². The smallest absolute Gasteiger partial charge is 0.214 e. The van der Waals surface area contributed by atoms with Crippen molar-refractivity contribution in [2.75, 3.05) is 11.9 Å². The molecule has 0 radical (unpaired) electrons. The van der Waals surface area contributed by atoms with E-state index in [1.807, 2.05) is 16.9 Å². The van der Waals surface area contributed by atoms with E-state index in [1.54, 1.807) is 22.2 Å². The Labute approximate surface area is 120 Å². The number of imidazole rings is 1. The van der Waals surface area contributed by atoms with E-state index in [0.717, 1.165) is 28.9 Å². The van der Waals surface area contributed by atoms with Crippen molar-refractivity contribution in [1.29, 1.82) is 0 Å². The van der Waals surface area contributed by atoms with Crippen LogP contribution in [0.5, 0.6) is 0 Å². The van der Waals surface area contributed by atoms with Crippen LogP contribution in [0.1, 0.15) is 26.5 Å². The molecule has 3 aromatic rings. The van der Waals surface area contributed by atoms with Crippen molar-refractivity contribution in [1.82, 2.24) is 29.6 Å². The molecule has 7 nitrogen and oxygen atoms in total. The molecule has 0 aliphatic heterocycles. The maximum absolute atomic E-state index is 4.61. The van der Waals surface area contributed by atoms with Crippen LogP contribution in [0.25, 0.3) is 4.96 Å². The first-order chi connectivity index (χ1) is 9.52. The lowest BCUT2D eigenvalue weighted by atomic mass is 9.93. The van der Waals surface area contributed by atoms with Gasteiger partial charge in [-0.2, -0.15) is 0 Å². The quantitative estimate of drug-likeness (QED) is 0.793. The van der Waals surface area contributed by atoms with Gasteiger partial charge in [-0.1, -0.05) is 37.3 Å². The Morgan fingerprint density at radius 3 is 2.85 bits per heavy atom. The molecule has 0 fully saturated rings. The predicted molar refractivity (Wildman–Crippen MR) is 78.1 cm³/mol. The molecule has 3 rings (SSSR count). The van der Waals surface area contributed by atoms with E-state index in [2.05, 4.69) is 46.5 Å². The molecule has 0 amide bonds. The number of nitrogens with zero attached hydrogens (tertiary/aromatic N) is 6. The van der Waals surface area contributed by atoms with Crippen molar-refractivity contribution in [3.63, 3.8) is 0 Å². The van der Waals surface area contributed by atoms with Crippen molar-refractivity contribution >= 4 is 21.4 Å². The Bertz CT molecular complexity index is 658. The molecule has 0 bridgehead atoms. The first-order valence-electron chi connectivity index (χ1n) is 6.47. The second-order valence-electron chi connectivity index (χ2n) is 5.60. The summed E-state index contributed by atoms with van der Waals surface area (Å²) in [5.41, 5.74) is 1.11. The molecule has 3 heterocycles. The number of hydrogen-bond donors (Lipinski definition) is 1. The third-order valence-corrected chi connectivity index (χ3v) is 3.78. The number of rotatable bonds is 4. The average Bonchev–Trinajstić information content (AvgIpc) is 3.01. The normalized spacial score (nSPS) is 12.2. The molecule has 0 saturated heterocycles. The van der Waals surface area contributed by atoms with Gasteiger partial charge in [0.05, 0.1) is 24.6 Å². The lowest BCUT2D eigenvalue weighted by Gasteiger charge is -2.13. The molecule has 20 heavy (non-hydrogen) atoms. The van der Waals surface area contributed by atoms with Crippen LogP contribution in [0.15, 0.2) is 18.6 Å². The molecule has 0 spiro atoms. The molecule has 0 aliphatic rings. The van der Waals surface area contributed by atoms with Gasteiger partial charge in [0.15, 0.2) is 0 Å². The monoisotopic (exact) mass is 291 g/mol. The molecule has 0 aliphatic carbocycles. The minimum Gasteiger partial charge on any atom is -0.358 e. The maximum Gasteiger partial charge on any atom is 0.214 e. The van der Waals surface area contributed by atoms with Crippen LogP contribution >= 0.6 is 11.3 Å². The summed E-state index contributed by atoms with van der Waals surface area (Å²) < 4.78 is 3.62. The van der Waals surface area contributed by atoms with E-state index >= 15 is 0 Å². The van der Waals surface area contributed by atoms with E-state index in [-0.39, 0.29) is 5.41 Å². The summed E-state index contributed by atoms with van der Waals surface area (Å²) in [5.74, 6) is 0. The summed E-state index contributed by atoms with van der Waals surface area (Å²) in [7, 11) is 0. The van der Waals surface area contributed by atoms with Gasteiger partial charge in [0.2, 0.25) is 10.1 Å². The van der Waals surface area contributed by atoms with Crippen molar-refractivity contribution in [2.24, 2.45) is 0 Å². The molecular formula is C12H17N7S. The fraction of sp³-hybridized carbons (Fsp3) is 0.500. The van der Waals surface area contributed by atoms with Gasteiger partial charge in [-0.3, -0.25) is 4.68 Å². The van der Waals surface area contributed by atoms with E-state index in [0.29, 0.717) is 0 Å². The Kier molecular flexibility index (Phi) is 3.17. The van der Waals surface area contributed by atoms with Crippen molar-refractivity contribution in [3.8, 4) is 0 Å². The van der Waals surface area contributed by atoms with Gasteiger partial charge in [-0.05, 0) is 0 Å². The standard InChI is InChI=1S/C12H17N7S/c1-12(2,3)9-8-19-11(15-9)20-10(16-19)13-4-6-18-7-5-14-17-18/h5,7-8H,4,6H2,1-3H3,(H,13,16). The van der Waals surface area contributed by atoms with Crippen LogP contribution in [-0.4, -0.2) is 36.1 Å². The van der Waals surface area contributed by atoms with Crippen molar-refractivity contribution in [3.05, 3.63) is 24.3 Å². The lowest BCUT2D eigenvalue weighted by molar-refractivity contribution is 0.572. The third-order valence-electron chi connectivity index (χ3n) is 2.90. The second-order valence-corrected chi connectivity index (χ2v) is 6.56. The Morgan fingerprint density at radius 2 is 2.20 bits per heavy atom. The summed E-state index contributed by atoms with van der Waals surface area (Å²) in [4.78, 5) is 5.53. The fourth-order valence-electron chi connectivity index (χ4n) is 1.76. The molecule has 1 N–H and O–H groups in total. The Hall–Kier alpha value is -1.96. The highest BCUT2D eigenvalue weighted by Crippen LogP contribution is 2.25. The fourth-order valence-corrected chi connectivity index (χ4v) is 2.57. The summed E-state index contributed by atoms with van der Waals surface area (Å²) in [6.45, 7) is 7.96. The van der Waals surface area contributed by atoms with Crippen molar-refractivity contribution in [2.45, 2.75) is 32.7 Å². The minimum absolute atomic E-state index is 0.0497. The topological polar surface area (TPSA) is 72.9 Å². The molecular weight excluding hydrogens is 274 g/mol. The third kappa shape index (κ3) is 2.64. The lowest BCUT2D eigenvalue weighted by Crippen LogP contribution is -2.12. The summed E-state index contributed by atoms with van der Waals surface area (Å²) in [6, 6.07) is 0. The van der Waals surface area contributed by atoms with Crippen molar-refractivity contribution < 1.29 is 0 Å². The number of hydrogen-bond acceptors (Lipinski definition) is 6. The van der Waals surface area contributed by atoms with Crippen LogP contribution in [0.3, 0.4) is 0 Å². The SMILES string of the molecule is CC(C)(C)c1cn2nc(NCCn3ccnn3)sc2n1. The molecule has 0 saturated carbocycles. The molecule has 0 aromatic carbocycles. The number of aromatic nitrogens is 6. The second kappa shape index (κ2) is 4.86. The molecule has 3 aromatic heterocycles. The zero-order valence-electron chi connectivity index (χ0n) is 11.7. The first kappa shape index (κ1) is 13.0. The number of nitrogens with one attached hydrogen (secondary N) is 1. The highest BCUT2D eigenvalue weighted by atomic mass is 32.1. The van der Waals surface area contributed by atoms with Gasteiger partial charge in [-0.25, -0.2) is 9.50 Å². The maximum atomic E-state index is 4.61. The van der Waals surface area contributed by atoms with Gasteiger partial charge < -0.3 is 5.32 Å². The summed E-state index contributed by atoms with van der Waals surface area (Å²) in [6.07, 6.45) is 5.51. The highest BCUT2D eigenvalue weighted by molar-refractivity contribution is 7.20. The Morgan fingerprint density at radius 1 is 1.35 bits per heavy atom. The van der Waals surface area contributed by atoms with Crippen LogP contribution in [0, 0.1) is 0 Å². The summed E-state index contributed by atoms with van der Waals surface area (Å²) >= 11 is 1.56. The van der Waals surface area contributed by atoms with Crippen LogP contribution in [-0.2, 0) is 12.0 Å². The van der Waals surface area contributed by atoms with Gasteiger partial charge in [0.25, 0.3) is 0 Å². The molecule has 0 atom stereocenters. The largest absolute Gasteiger partial charge is 0.358 e. The van der Waals surface area contributed by atoms with E-state index in [9.17, 15) is 0 Å². The number of fused-ring (bicyclic) bond motifs is 1. The van der Waals surface area contributed by atoms with E-state index < -0.39 is 0 Å². The molecule has 106 valence electrons. The van der Waals surface area contributed by atoms with Gasteiger partial charge in [0.1, 0.15) is 0 Å². The average molecular weight is 291 g/mol. The number of anilines is 1. The van der Waals surface area contributed by atoms with Gasteiger partial charge >= 0.3 is 0 Å². The molecule has 0 unspecified atom stereocenters. The highest BCUT2D eigenvalue weighted by Gasteiger charge is 2.19. The van der Waals surface area contributed by atoms with E-state index in [4.69, 9.17) is 0 Å². The zero-order valence-corrected chi connectivity index (χ0v) is 12.6. The molecule has 8 heteroatoms.